The minimum absolute atomic E-state index is 0.0393. The lowest BCUT2D eigenvalue weighted by molar-refractivity contribution is -0.136. The second-order valence-corrected chi connectivity index (χ2v) is 5.38. The number of H-pyrrole nitrogens is 1. The van der Waals surface area contributed by atoms with Crippen molar-refractivity contribution in [1.82, 2.24) is 10.2 Å². The van der Waals surface area contributed by atoms with Crippen LogP contribution >= 0.6 is 0 Å². The Kier molecular flexibility index (Phi) is 2.47. The number of phenolic OH excluding ortho intramolecular Hbond substituents is 2. The lowest BCUT2D eigenvalue weighted by Crippen LogP contribution is -2.19. The summed E-state index contributed by atoms with van der Waals surface area (Å²) in [6.45, 7) is 2.01. The van der Waals surface area contributed by atoms with Crippen molar-refractivity contribution >= 4 is 11.8 Å². The van der Waals surface area contributed by atoms with E-state index in [1.54, 1.807) is 6.07 Å². The molecule has 1 atom stereocenters. The van der Waals surface area contributed by atoms with Crippen LogP contribution in [0.1, 0.15) is 22.7 Å². The van der Waals surface area contributed by atoms with Gasteiger partial charge in [0.05, 0.1) is 17.2 Å². The van der Waals surface area contributed by atoms with Crippen LogP contribution in [-0.4, -0.2) is 33.0 Å². The number of nitrogens with one attached hydrogen (secondary N) is 2. The Hall–Kier alpha value is -2.96. The first kappa shape index (κ1) is 12.8. The lowest BCUT2D eigenvalue weighted by atomic mass is 9.81. The Labute approximate surface area is 125 Å². The zero-order valence-corrected chi connectivity index (χ0v) is 11.7. The molecule has 2 aliphatic rings. The van der Waals surface area contributed by atoms with Crippen LogP contribution in [0.3, 0.4) is 0 Å². The largest absolute Gasteiger partial charge is 0.508 e. The molecule has 0 bridgehead atoms. The fraction of sp³-hybridized carbons (Fsp3) is 0.200. The fourth-order valence-corrected chi connectivity index (χ4v) is 3.07. The Balaban J connectivity index is 1.98. The van der Waals surface area contributed by atoms with E-state index >= 15 is 0 Å². The van der Waals surface area contributed by atoms with Crippen LogP contribution in [-0.2, 0) is 9.53 Å². The van der Waals surface area contributed by atoms with Gasteiger partial charge in [-0.25, -0.2) is 4.79 Å². The van der Waals surface area contributed by atoms with Gasteiger partial charge in [0.2, 0.25) is 0 Å². The number of fused-ring (bicyclic) bond motifs is 1. The van der Waals surface area contributed by atoms with E-state index in [4.69, 9.17) is 4.74 Å². The molecule has 0 saturated heterocycles. The van der Waals surface area contributed by atoms with Crippen LogP contribution in [0.15, 0.2) is 29.5 Å². The first-order valence-electron chi connectivity index (χ1n) is 6.80. The summed E-state index contributed by atoms with van der Waals surface area (Å²) in [6.07, 6.45) is 0. The van der Waals surface area contributed by atoms with Crippen molar-refractivity contribution in [3.8, 4) is 11.5 Å². The van der Waals surface area contributed by atoms with E-state index in [0.717, 1.165) is 11.3 Å². The summed E-state index contributed by atoms with van der Waals surface area (Å²) in [5.41, 5.74) is 3.24. The molecule has 4 N–H and O–H groups in total. The first-order chi connectivity index (χ1) is 10.6. The molecule has 0 aliphatic carbocycles. The van der Waals surface area contributed by atoms with Crippen LogP contribution in [0.2, 0.25) is 0 Å². The molecule has 112 valence electrons. The van der Waals surface area contributed by atoms with Gasteiger partial charge in [0, 0.05) is 22.9 Å². The zero-order chi connectivity index (χ0) is 15.4. The minimum atomic E-state index is -0.486. The minimum Gasteiger partial charge on any atom is -0.508 e. The van der Waals surface area contributed by atoms with Gasteiger partial charge in [0.25, 0.3) is 0 Å². The zero-order valence-electron chi connectivity index (χ0n) is 11.7. The molecule has 7 heteroatoms. The number of hydrogen-bond acceptors (Lipinski definition) is 6. The third-order valence-electron chi connectivity index (χ3n) is 4.06. The van der Waals surface area contributed by atoms with Crippen LogP contribution in [0.4, 0.5) is 5.82 Å². The van der Waals surface area contributed by atoms with E-state index in [9.17, 15) is 15.0 Å². The Morgan fingerprint density at radius 2 is 2.18 bits per heavy atom. The summed E-state index contributed by atoms with van der Waals surface area (Å²) < 4.78 is 5.11. The standard InChI is InChI=1S/C15H13N3O4/c1-6-11-12(8-3-2-7(19)4-10(8)20)13-9(5-22-15(13)21)16-14(11)18-17-6/h2-4,12,19-20H,5H2,1H3,(H2,16,17,18)/t12-/m0/s1. The molecule has 4 rings (SSSR count). The Morgan fingerprint density at radius 1 is 1.36 bits per heavy atom. The number of benzene rings is 1. The maximum Gasteiger partial charge on any atom is 0.337 e. The molecule has 3 heterocycles. The van der Waals surface area contributed by atoms with Crippen LogP contribution < -0.4 is 5.32 Å². The topological polar surface area (TPSA) is 107 Å². The smallest absolute Gasteiger partial charge is 0.337 e. The fourth-order valence-electron chi connectivity index (χ4n) is 3.07. The van der Waals surface area contributed by atoms with Crippen LogP contribution in [0.5, 0.6) is 11.5 Å². The van der Waals surface area contributed by atoms with Crippen LogP contribution in [0.25, 0.3) is 0 Å². The number of carbonyl (C=O) groups excluding carboxylic acids is 1. The number of aromatic amines is 1. The van der Waals surface area contributed by atoms with Crippen molar-refractivity contribution in [2.45, 2.75) is 12.8 Å². The van der Waals surface area contributed by atoms with Gasteiger partial charge in [-0.15, -0.1) is 0 Å². The number of phenols is 2. The van der Waals surface area contributed by atoms with Gasteiger partial charge in [-0.1, -0.05) is 6.07 Å². The molecule has 0 radical (unpaired) electrons. The number of esters is 1. The van der Waals surface area contributed by atoms with Gasteiger partial charge in [0.1, 0.15) is 18.1 Å². The molecule has 2 aromatic rings. The first-order valence-corrected chi connectivity index (χ1v) is 6.80. The predicted octanol–water partition coefficient (Wildman–Crippen LogP) is 1.50. The number of cyclic esters (lactones) is 1. The summed E-state index contributed by atoms with van der Waals surface area (Å²) in [5.74, 6) is -0.397. The van der Waals surface area contributed by atoms with Crippen molar-refractivity contribution in [2.24, 2.45) is 0 Å². The molecule has 1 aromatic carbocycles. The molecule has 2 aliphatic heterocycles. The highest BCUT2D eigenvalue weighted by molar-refractivity contribution is 5.97. The normalized spacial score (nSPS) is 19.5. The molecule has 22 heavy (non-hydrogen) atoms. The average molecular weight is 299 g/mol. The van der Waals surface area contributed by atoms with Crippen molar-refractivity contribution in [2.75, 3.05) is 11.9 Å². The van der Waals surface area contributed by atoms with E-state index < -0.39 is 11.9 Å². The molecule has 7 nitrogen and oxygen atoms in total. The number of aromatic hydroxyl groups is 2. The monoisotopic (exact) mass is 299 g/mol. The highest BCUT2D eigenvalue weighted by Gasteiger charge is 2.41. The molecule has 0 saturated carbocycles. The molecule has 0 spiro atoms. The Bertz CT molecular complexity index is 837. The third kappa shape index (κ3) is 1.62. The Morgan fingerprint density at radius 3 is 2.95 bits per heavy atom. The van der Waals surface area contributed by atoms with Gasteiger partial charge >= 0.3 is 5.97 Å². The summed E-state index contributed by atoms with van der Waals surface area (Å²) in [5, 5.41) is 29.9. The number of ether oxygens (including phenoxy) is 1. The number of nitrogens with zero attached hydrogens (tertiary/aromatic N) is 1. The molecule has 1 aromatic heterocycles. The number of aromatic nitrogens is 2. The quantitative estimate of drug-likeness (QED) is 0.594. The van der Waals surface area contributed by atoms with Crippen LogP contribution in [0, 0.1) is 6.92 Å². The van der Waals surface area contributed by atoms with Gasteiger partial charge in [-0.05, 0) is 13.0 Å². The molecule has 0 amide bonds. The summed E-state index contributed by atoms with van der Waals surface area (Å²) in [7, 11) is 0. The summed E-state index contributed by atoms with van der Waals surface area (Å²) >= 11 is 0. The maximum atomic E-state index is 12.1. The average Bonchev–Trinajstić information content (AvgIpc) is 3.02. The molecule has 0 fully saturated rings. The predicted molar refractivity (Wildman–Crippen MR) is 76.5 cm³/mol. The second kappa shape index (κ2) is 4.27. The van der Waals surface area contributed by atoms with Gasteiger partial charge in [-0.2, -0.15) is 5.10 Å². The number of anilines is 1. The van der Waals surface area contributed by atoms with E-state index in [2.05, 4.69) is 15.5 Å². The molecule has 0 unspecified atom stereocenters. The van der Waals surface area contributed by atoms with Gasteiger partial charge in [0.15, 0.2) is 5.82 Å². The van der Waals surface area contributed by atoms with Crippen molar-refractivity contribution in [3.05, 3.63) is 46.3 Å². The van der Waals surface area contributed by atoms with Gasteiger partial charge in [-0.3, -0.25) is 5.10 Å². The van der Waals surface area contributed by atoms with Crippen molar-refractivity contribution in [1.29, 1.82) is 0 Å². The van der Waals surface area contributed by atoms with E-state index in [1.807, 2.05) is 6.92 Å². The van der Waals surface area contributed by atoms with E-state index in [0.29, 0.717) is 22.7 Å². The van der Waals surface area contributed by atoms with Crippen molar-refractivity contribution < 1.29 is 19.7 Å². The van der Waals surface area contributed by atoms with Gasteiger partial charge < -0.3 is 20.3 Å². The highest BCUT2D eigenvalue weighted by atomic mass is 16.5. The van der Waals surface area contributed by atoms with Crippen molar-refractivity contribution in [3.63, 3.8) is 0 Å². The maximum absolute atomic E-state index is 12.1. The summed E-state index contributed by atoms with van der Waals surface area (Å²) in [6, 6.07) is 4.34. The number of aryl methyl sites for hydroxylation is 1. The summed E-state index contributed by atoms with van der Waals surface area (Å²) in [4.78, 5) is 12.1. The molecular weight excluding hydrogens is 286 g/mol. The second-order valence-electron chi connectivity index (χ2n) is 5.38. The number of rotatable bonds is 1. The van der Waals surface area contributed by atoms with E-state index in [1.165, 1.54) is 12.1 Å². The number of carbonyl (C=O) groups is 1. The molecular formula is C15H13N3O4. The lowest BCUT2D eigenvalue weighted by Gasteiger charge is -2.24. The van der Waals surface area contributed by atoms with E-state index in [-0.39, 0.29) is 18.1 Å². The number of hydrogen-bond donors (Lipinski definition) is 4. The SMILES string of the molecule is Cc1[nH]nc2c1[C@H](c1ccc(O)cc1O)C1=C(COC1=O)N2. The highest BCUT2D eigenvalue weighted by Crippen LogP contribution is 2.47. The third-order valence-corrected chi connectivity index (χ3v) is 4.06.